The van der Waals surface area contributed by atoms with Crippen molar-refractivity contribution in [1.82, 2.24) is 4.98 Å². The molecular weight excluding hydrogens is 214 g/mol. The summed E-state index contributed by atoms with van der Waals surface area (Å²) in [6.07, 6.45) is 2.21. The van der Waals surface area contributed by atoms with Crippen molar-refractivity contribution in [1.29, 1.82) is 0 Å². The van der Waals surface area contributed by atoms with Gasteiger partial charge in [-0.05, 0) is 25.1 Å². The molecule has 0 atom stereocenters. The topological polar surface area (TPSA) is 39.2 Å². The Morgan fingerprint density at radius 3 is 2.82 bits per heavy atom. The summed E-state index contributed by atoms with van der Waals surface area (Å²) in [4.78, 5) is 16.1. The van der Waals surface area contributed by atoms with E-state index in [-0.39, 0.29) is 5.78 Å². The van der Waals surface area contributed by atoms with Gasteiger partial charge >= 0.3 is 0 Å². The molecule has 3 heteroatoms. The average molecular weight is 229 g/mol. The fraction of sp³-hybridized carbons (Fsp3) is 0.286. The van der Waals surface area contributed by atoms with Gasteiger partial charge in [0.15, 0.2) is 5.78 Å². The molecule has 17 heavy (non-hydrogen) atoms. The molecule has 0 bridgehead atoms. The number of pyridine rings is 1. The zero-order valence-electron chi connectivity index (χ0n) is 10.1. The lowest BCUT2D eigenvalue weighted by Gasteiger charge is -2.09. The van der Waals surface area contributed by atoms with Crippen LogP contribution in [0, 0.1) is 0 Å². The second kappa shape index (κ2) is 4.95. The van der Waals surface area contributed by atoms with Gasteiger partial charge in [0.2, 0.25) is 0 Å². The Labute approximate surface area is 100 Å². The summed E-state index contributed by atoms with van der Waals surface area (Å²) in [6, 6.07) is 7.39. The molecule has 0 aliphatic heterocycles. The normalized spacial score (nSPS) is 10.5. The standard InChI is InChI=1S/C14H15NO2/c1-3-12(16)10-7-8-13(17-4-2)14-11(10)6-5-9-15-14/h5-9H,3-4H2,1-2H3. The van der Waals surface area contributed by atoms with E-state index in [0.717, 1.165) is 22.2 Å². The first-order chi connectivity index (χ1) is 8.27. The molecule has 0 fully saturated rings. The number of hydrogen-bond acceptors (Lipinski definition) is 3. The van der Waals surface area contributed by atoms with Crippen LogP contribution in [0.3, 0.4) is 0 Å². The number of Topliss-reactive ketones (excluding diaryl/α,β-unsaturated/α-hetero) is 1. The second-order valence-electron chi connectivity index (χ2n) is 3.72. The summed E-state index contributed by atoms with van der Waals surface area (Å²) in [5, 5.41) is 0.866. The molecule has 1 aromatic carbocycles. The third-order valence-corrected chi connectivity index (χ3v) is 2.65. The molecule has 3 nitrogen and oxygen atoms in total. The quantitative estimate of drug-likeness (QED) is 0.755. The highest BCUT2D eigenvalue weighted by atomic mass is 16.5. The molecule has 0 N–H and O–H groups in total. The van der Waals surface area contributed by atoms with Gasteiger partial charge in [0.05, 0.1) is 6.61 Å². The first kappa shape index (κ1) is 11.6. The van der Waals surface area contributed by atoms with Crippen LogP contribution < -0.4 is 4.74 Å². The predicted octanol–water partition coefficient (Wildman–Crippen LogP) is 3.23. The van der Waals surface area contributed by atoms with Gasteiger partial charge < -0.3 is 4.74 Å². The molecule has 1 aromatic heterocycles. The van der Waals surface area contributed by atoms with Gasteiger partial charge in [-0.25, -0.2) is 0 Å². The van der Waals surface area contributed by atoms with E-state index in [1.54, 1.807) is 6.20 Å². The molecule has 2 rings (SSSR count). The Morgan fingerprint density at radius 2 is 2.12 bits per heavy atom. The van der Waals surface area contributed by atoms with Crippen molar-refractivity contribution in [3.8, 4) is 5.75 Å². The molecular formula is C14H15NO2. The summed E-state index contributed by atoms with van der Waals surface area (Å²) >= 11 is 0. The van der Waals surface area contributed by atoms with Crippen molar-refractivity contribution >= 4 is 16.7 Å². The number of hydrogen-bond donors (Lipinski definition) is 0. The molecule has 88 valence electrons. The minimum Gasteiger partial charge on any atom is -0.492 e. The van der Waals surface area contributed by atoms with Gasteiger partial charge in [0.25, 0.3) is 0 Å². The van der Waals surface area contributed by atoms with Crippen LogP contribution in [0.2, 0.25) is 0 Å². The molecule has 0 radical (unpaired) electrons. The number of ether oxygens (including phenoxy) is 1. The van der Waals surface area contributed by atoms with Gasteiger partial charge in [-0.3, -0.25) is 9.78 Å². The number of carbonyl (C=O) groups excluding carboxylic acids is 1. The van der Waals surface area contributed by atoms with E-state index in [4.69, 9.17) is 4.74 Å². The van der Waals surface area contributed by atoms with Gasteiger partial charge in [-0.15, -0.1) is 0 Å². The summed E-state index contributed by atoms with van der Waals surface area (Å²) in [5.74, 6) is 0.863. The van der Waals surface area contributed by atoms with E-state index in [9.17, 15) is 4.79 Å². The number of rotatable bonds is 4. The average Bonchev–Trinajstić information content (AvgIpc) is 2.38. The Kier molecular flexibility index (Phi) is 3.38. The van der Waals surface area contributed by atoms with Crippen LogP contribution in [0.1, 0.15) is 30.6 Å². The van der Waals surface area contributed by atoms with E-state index in [1.165, 1.54) is 0 Å². The zero-order chi connectivity index (χ0) is 12.3. The van der Waals surface area contributed by atoms with Gasteiger partial charge in [0.1, 0.15) is 11.3 Å². The number of aromatic nitrogens is 1. The lowest BCUT2D eigenvalue weighted by atomic mass is 10.0. The van der Waals surface area contributed by atoms with Crippen molar-refractivity contribution in [2.75, 3.05) is 6.61 Å². The highest BCUT2D eigenvalue weighted by Gasteiger charge is 2.11. The minimum absolute atomic E-state index is 0.131. The molecule has 0 amide bonds. The Morgan fingerprint density at radius 1 is 1.29 bits per heavy atom. The van der Waals surface area contributed by atoms with Crippen LogP contribution >= 0.6 is 0 Å². The van der Waals surface area contributed by atoms with E-state index in [0.29, 0.717) is 13.0 Å². The SMILES string of the molecule is CCOc1ccc(C(=O)CC)c2cccnc12. The number of carbonyl (C=O) groups is 1. The highest BCUT2D eigenvalue weighted by Crippen LogP contribution is 2.27. The van der Waals surface area contributed by atoms with Gasteiger partial charge in [-0.2, -0.15) is 0 Å². The lowest BCUT2D eigenvalue weighted by molar-refractivity contribution is 0.0989. The monoisotopic (exact) mass is 229 g/mol. The summed E-state index contributed by atoms with van der Waals surface area (Å²) in [6.45, 7) is 4.38. The van der Waals surface area contributed by atoms with E-state index in [2.05, 4.69) is 4.98 Å². The molecule has 0 aliphatic rings. The Hall–Kier alpha value is -1.90. The lowest BCUT2D eigenvalue weighted by Crippen LogP contribution is -2.00. The van der Waals surface area contributed by atoms with Crippen LogP contribution in [0.15, 0.2) is 30.5 Å². The maximum atomic E-state index is 11.8. The summed E-state index contributed by atoms with van der Waals surface area (Å²) in [5.41, 5.74) is 1.48. The number of ketones is 1. The highest BCUT2D eigenvalue weighted by molar-refractivity contribution is 6.08. The zero-order valence-corrected chi connectivity index (χ0v) is 10.1. The largest absolute Gasteiger partial charge is 0.492 e. The molecule has 0 spiro atoms. The maximum Gasteiger partial charge on any atom is 0.163 e. The van der Waals surface area contributed by atoms with Crippen molar-refractivity contribution in [3.63, 3.8) is 0 Å². The molecule has 0 unspecified atom stereocenters. The molecule has 1 heterocycles. The first-order valence-corrected chi connectivity index (χ1v) is 5.81. The third-order valence-electron chi connectivity index (χ3n) is 2.65. The molecule has 0 saturated heterocycles. The number of benzene rings is 1. The van der Waals surface area contributed by atoms with Crippen LogP contribution in [-0.2, 0) is 0 Å². The van der Waals surface area contributed by atoms with Crippen molar-refractivity contribution in [2.45, 2.75) is 20.3 Å². The predicted molar refractivity (Wildman–Crippen MR) is 67.5 cm³/mol. The fourth-order valence-electron chi connectivity index (χ4n) is 1.85. The van der Waals surface area contributed by atoms with E-state index < -0.39 is 0 Å². The van der Waals surface area contributed by atoms with E-state index in [1.807, 2.05) is 38.1 Å². The summed E-state index contributed by atoms with van der Waals surface area (Å²) < 4.78 is 5.51. The fourth-order valence-corrected chi connectivity index (χ4v) is 1.85. The van der Waals surface area contributed by atoms with E-state index >= 15 is 0 Å². The van der Waals surface area contributed by atoms with Crippen LogP contribution in [-0.4, -0.2) is 17.4 Å². The molecule has 0 saturated carbocycles. The van der Waals surface area contributed by atoms with Crippen LogP contribution in [0.25, 0.3) is 10.9 Å². The first-order valence-electron chi connectivity index (χ1n) is 5.81. The number of fused-ring (bicyclic) bond motifs is 1. The van der Waals surface area contributed by atoms with Crippen molar-refractivity contribution < 1.29 is 9.53 Å². The Bertz CT molecular complexity index is 549. The third kappa shape index (κ3) is 2.13. The van der Waals surface area contributed by atoms with Crippen molar-refractivity contribution in [2.24, 2.45) is 0 Å². The summed E-state index contributed by atoms with van der Waals surface area (Å²) in [7, 11) is 0. The Balaban J connectivity index is 2.66. The molecule has 0 aliphatic carbocycles. The van der Waals surface area contributed by atoms with Gasteiger partial charge in [-0.1, -0.05) is 13.0 Å². The smallest absolute Gasteiger partial charge is 0.163 e. The van der Waals surface area contributed by atoms with Gasteiger partial charge in [0, 0.05) is 23.6 Å². The maximum absolute atomic E-state index is 11.8. The number of nitrogens with zero attached hydrogens (tertiary/aromatic N) is 1. The second-order valence-corrected chi connectivity index (χ2v) is 3.72. The van der Waals surface area contributed by atoms with Crippen LogP contribution in [0.5, 0.6) is 5.75 Å². The molecule has 2 aromatic rings. The van der Waals surface area contributed by atoms with Crippen LogP contribution in [0.4, 0.5) is 0 Å². The minimum atomic E-state index is 0.131. The van der Waals surface area contributed by atoms with Crippen molar-refractivity contribution in [3.05, 3.63) is 36.0 Å².